The van der Waals surface area contributed by atoms with Crippen LogP contribution in [0.5, 0.6) is 0 Å². The molecule has 0 N–H and O–H groups in total. The molecule has 0 aliphatic heterocycles. The molecule has 0 amide bonds. The van der Waals surface area contributed by atoms with Crippen LogP contribution in [0, 0.1) is 0 Å². The first-order valence-corrected chi connectivity index (χ1v) is 21.2. The van der Waals surface area contributed by atoms with Crippen LogP contribution in [-0.4, -0.2) is 4.57 Å². The largest absolute Gasteiger partial charge is 0.456 e. The maximum absolute atomic E-state index is 6.45. The van der Waals surface area contributed by atoms with E-state index in [0.717, 1.165) is 38.8 Å². The lowest BCUT2D eigenvalue weighted by Gasteiger charge is -2.10. The van der Waals surface area contributed by atoms with Gasteiger partial charge in [-0.25, -0.2) is 0 Å². The Morgan fingerprint density at radius 2 is 0.532 bits per heavy atom. The van der Waals surface area contributed by atoms with E-state index in [9.17, 15) is 0 Å². The number of para-hydroxylation sites is 1. The highest BCUT2D eigenvalue weighted by molar-refractivity contribution is 6.12. The van der Waals surface area contributed by atoms with Crippen molar-refractivity contribution >= 4 is 43.7 Å². The van der Waals surface area contributed by atoms with Gasteiger partial charge in [0.25, 0.3) is 0 Å². The number of rotatable bonds is 7. The molecule has 0 unspecified atom stereocenters. The van der Waals surface area contributed by atoms with Crippen molar-refractivity contribution in [2.24, 2.45) is 0 Å². The topological polar surface area (TPSA) is 18.1 Å². The monoisotopic (exact) mass is 789 g/mol. The van der Waals surface area contributed by atoms with Gasteiger partial charge >= 0.3 is 0 Å². The van der Waals surface area contributed by atoms with E-state index in [2.05, 4.69) is 241 Å². The van der Waals surface area contributed by atoms with Crippen molar-refractivity contribution in [3.8, 4) is 72.4 Å². The van der Waals surface area contributed by atoms with Crippen LogP contribution in [0.15, 0.2) is 241 Å². The van der Waals surface area contributed by atoms with Gasteiger partial charge in [0, 0.05) is 27.2 Å². The van der Waals surface area contributed by atoms with Gasteiger partial charge in [0.1, 0.15) is 11.2 Å². The van der Waals surface area contributed by atoms with Gasteiger partial charge in [0.15, 0.2) is 0 Å². The summed E-state index contributed by atoms with van der Waals surface area (Å²) in [6.07, 6.45) is 0. The van der Waals surface area contributed by atoms with Crippen LogP contribution in [0.1, 0.15) is 0 Å². The first-order valence-electron chi connectivity index (χ1n) is 21.2. The quantitative estimate of drug-likeness (QED) is 0.157. The van der Waals surface area contributed by atoms with E-state index in [1.165, 1.54) is 77.4 Å². The Balaban J connectivity index is 0.916. The van der Waals surface area contributed by atoms with Crippen molar-refractivity contribution in [3.63, 3.8) is 0 Å². The third-order valence-electron chi connectivity index (χ3n) is 12.4. The van der Waals surface area contributed by atoms with E-state index in [-0.39, 0.29) is 0 Å². The molecule has 0 aliphatic carbocycles. The van der Waals surface area contributed by atoms with Gasteiger partial charge in [-0.2, -0.15) is 0 Å². The SMILES string of the molecule is c1ccc(-c2cccc(-c3cccc(-c4cccc(-c5ccc6oc7ccc(-c8ccc9c(c8)c8cc(-c%10ccccc%10)ccc8n9-c8ccccc8)cc7c6c5)c4)c3)c2)cc1. The zero-order chi connectivity index (χ0) is 41.0. The van der Waals surface area contributed by atoms with E-state index < -0.39 is 0 Å². The van der Waals surface area contributed by atoms with Crippen LogP contribution in [0.3, 0.4) is 0 Å². The summed E-state index contributed by atoms with van der Waals surface area (Å²) in [4.78, 5) is 0. The van der Waals surface area contributed by atoms with E-state index in [4.69, 9.17) is 4.42 Å². The second kappa shape index (κ2) is 14.8. The molecule has 0 radical (unpaired) electrons. The van der Waals surface area contributed by atoms with Crippen LogP contribution in [0.2, 0.25) is 0 Å². The van der Waals surface area contributed by atoms with Crippen molar-refractivity contribution in [2.45, 2.75) is 0 Å². The summed E-state index contributed by atoms with van der Waals surface area (Å²) in [6, 6.07) is 85.4. The lowest BCUT2D eigenvalue weighted by Crippen LogP contribution is -1.93. The van der Waals surface area contributed by atoms with E-state index >= 15 is 0 Å². The molecular weight excluding hydrogens is 751 g/mol. The molecule has 12 rings (SSSR count). The van der Waals surface area contributed by atoms with E-state index in [1.807, 2.05) is 0 Å². The van der Waals surface area contributed by atoms with Gasteiger partial charge in [-0.1, -0.05) is 158 Å². The third kappa shape index (κ3) is 6.29. The average molecular weight is 790 g/mol. The molecule has 0 bridgehead atoms. The minimum absolute atomic E-state index is 0.886. The summed E-state index contributed by atoms with van der Waals surface area (Å²) >= 11 is 0. The zero-order valence-corrected chi connectivity index (χ0v) is 33.9. The minimum atomic E-state index is 0.886. The predicted octanol–water partition coefficient (Wildman–Crippen LogP) is 16.7. The molecule has 290 valence electrons. The fourth-order valence-electron chi connectivity index (χ4n) is 9.27. The lowest BCUT2D eigenvalue weighted by molar-refractivity contribution is 0.669. The fourth-order valence-corrected chi connectivity index (χ4v) is 9.27. The highest BCUT2D eigenvalue weighted by Gasteiger charge is 2.16. The molecule has 12 aromatic rings. The normalized spacial score (nSPS) is 11.5. The third-order valence-corrected chi connectivity index (χ3v) is 12.4. The standard InChI is InChI=1S/C60H39NO/c1-4-13-40(14-5-1)42-17-10-18-43(33-42)44-19-11-20-45(34-44)46-21-12-22-47(35-46)50-27-31-59-55(38-50)56-39-51(28-32-60(56)62-59)49-26-30-58-54(37-49)53-36-48(41-15-6-2-7-16-41)25-29-57(53)61(58)52-23-8-3-9-24-52/h1-39H. The van der Waals surface area contributed by atoms with Crippen molar-refractivity contribution in [1.82, 2.24) is 4.57 Å². The Labute approximate surface area is 360 Å². The molecule has 0 atom stereocenters. The Hall–Kier alpha value is -8.20. The van der Waals surface area contributed by atoms with Crippen molar-refractivity contribution in [3.05, 3.63) is 237 Å². The number of furan rings is 1. The molecule has 2 heterocycles. The Morgan fingerprint density at radius 3 is 0.952 bits per heavy atom. The molecule has 10 aromatic carbocycles. The van der Waals surface area contributed by atoms with E-state index in [0.29, 0.717) is 0 Å². The first-order chi connectivity index (χ1) is 30.7. The number of nitrogens with zero attached hydrogens (tertiary/aromatic N) is 1. The first kappa shape index (κ1) is 35.7. The summed E-state index contributed by atoms with van der Waals surface area (Å²) in [5.41, 5.74) is 19.6. The highest BCUT2D eigenvalue weighted by atomic mass is 16.3. The molecule has 0 saturated heterocycles. The van der Waals surface area contributed by atoms with Crippen LogP contribution in [0.25, 0.3) is 116 Å². The van der Waals surface area contributed by atoms with E-state index in [1.54, 1.807) is 0 Å². The van der Waals surface area contributed by atoms with Crippen LogP contribution < -0.4 is 0 Å². The average Bonchev–Trinajstić information content (AvgIpc) is 3.89. The molecule has 0 spiro atoms. The van der Waals surface area contributed by atoms with Crippen LogP contribution >= 0.6 is 0 Å². The molecule has 2 nitrogen and oxygen atoms in total. The summed E-state index contributed by atoms with van der Waals surface area (Å²) in [5, 5.41) is 4.68. The number of benzene rings is 10. The van der Waals surface area contributed by atoms with Crippen molar-refractivity contribution in [2.75, 3.05) is 0 Å². The Kier molecular flexibility index (Phi) is 8.53. The van der Waals surface area contributed by atoms with Gasteiger partial charge in [-0.15, -0.1) is 0 Å². The number of aromatic nitrogens is 1. The van der Waals surface area contributed by atoms with Gasteiger partial charge in [-0.05, 0) is 146 Å². The lowest BCUT2D eigenvalue weighted by atomic mass is 9.94. The summed E-state index contributed by atoms with van der Waals surface area (Å²) in [5.74, 6) is 0. The molecule has 0 saturated carbocycles. The molecule has 2 heteroatoms. The Morgan fingerprint density at radius 1 is 0.226 bits per heavy atom. The number of hydrogen-bond acceptors (Lipinski definition) is 1. The molecule has 0 aliphatic rings. The minimum Gasteiger partial charge on any atom is -0.456 e. The smallest absolute Gasteiger partial charge is 0.135 e. The summed E-state index contributed by atoms with van der Waals surface area (Å²) in [7, 11) is 0. The number of hydrogen-bond donors (Lipinski definition) is 0. The summed E-state index contributed by atoms with van der Waals surface area (Å²) in [6.45, 7) is 0. The predicted molar refractivity (Wildman–Crippen MR) is 261 cm³/mol. The maximum atomic E-state index is 6.45. The van der Waals surface area contributed by atoms with Gasteiger partial charge in [0.05, 0.1) is 11.0 Å². The summed E-state index contributed by atoms with van der Waals surface area (Å²) < 4.78 is 8.83. The Bertz CT molecular complexity index is 3610. The fraction of sp³-hybridized carbons (Fsp3) is 0. The number of fused-ring (bicyclic) bond motifs is 6. The molecule has 2 aromatic heterocycles. The van der Waals surface area contributed by atoms with Crippen LogP contribution in [0.4, 0.5) is 0 Å². The van der Waals surface area contributed by atoms with Gasteiger partial charge in [0.2, 0.25) is 0 Å². The van der Waals surface area contributed by atoms with Gasteiger partial charge in [-0.3, -0.25) is 0 Å². The second-order valence-corrected chi connectivity index (χ2v) is 16.1. The second-order valence-electron chi connectivity index (χ2n) is 16.1. The highest BCUT2D eigenvalue weighted by Crippen LogP contribution is 2.40. The van der Waals surface area contributed by atoms with Crippen molar-refractivity contribution < 1.29 is 4.42 Å². The maximum Gasteiger partial charge on any atom is 0.135 e. The van der Waals surface area contributed by atoms with Crippen molar-refractivity contribution in [1.29, 1.82) is 0 Å². The van der Waals surface area contributed by atoms with Gasteiger partial charge < -0.3 is 8.98 Å². The molecule has 0 fully saturated rings. The molecular formula is C60H39NO. The van der Waals surface area contributed by atoms with Crippen LogP contribution in [-0.2, 0) is 0 Å². The zero-order valence-electron chi connectivity index (χ0n) is 33.9. The molecule has 62 heavy (non-hydrogen) atoms.